The van der Waals surface area contributed by atoms with Crippen molar-refractivity contribution in [2.24, 2.45) is 5.10 Å². The van der Waals surface area contributed by atoms with E-state index in [1.807, 2.05) is 0 Å². The fourth-order valence-corrected chi connectivity index (χ4v) is 3.21. The van der Waals surface area contributed by atoms with Crippen LogP contribution in [0.4, 0.5) is 11.5 Å². The summed E-state index contributed by atoms with van der Waals surface area (Å²) >= 11 is 3.45. The third-order valence-electron chi connectivity index (χ3n) is 4.16. The van der Waals surface area contributed by atoms with Crippen molar-refractivity contribution in [1.29, 1.82) is 0 Å². The van der Waals surface area contributed by atoms with Crippen molar-refractivity contribution in [2.75, 3.05) is 12.5 Å². The van der Waals surface area contributed by atoms with E-state index in [1.165, 1.54) is 31.5 Å². The lowest BCUT2D eigenvalue weighted by molar-refractivity contribution is -0.385. The van der Waals surface area contributed by atoms with E-state index in [0.29, 0.717) is 32.9 Å². The summed E-state index contributed by atoms with van der Waals surface area (Å²) < 4.78 is 11.9. The monoisotopic (exact) mass is 500 g/mol. The van der Waals surface area contributed by atoms with E-state index in [2.05, 4.69) is 31.4 Å². The molecule has 0 aliphatic carbocycles. The summed E-state index contributed by atoms with van der Waals surface area (Å²) in [6.07, 6.45) is 2.66. The van der Waals surface area contributed by atoms with E-state index in [0.717, 1.165) is 6.20 Å². The van der Waals surface area contributed by atoms with Gasteiger partial charge in [-0.1, -0.05) is 12.1 Å². The van der Waals surface area contributed by atoms with Gasteiger partial charge in [0.25, 0.3) is 5.69 Å². The van der Waals surface area contributed by atoms with Crippen molar-refractivity contribution >= 4 is 39.6 Å². The van der Waals surface area contributed by atoms with Gasteiger partial charge in [0.05, 0.1) is 28.3 Å². The highest BCUT2D eigenvalue weighted by molar-refractivity contribution is 9.10. The molecule has 0 saturated carbocycles. The molecule has 0 atom stereocenters. The number of hydrogen-bond donors (Lipinski definition) is 2. The molecule has 2 N–H and O–H groups in total. The Bertz CT molecular complexity index is 1170. The maximum absolute atomic E-state index is 11.1. The van der Waals surface area contributed by atoms with Gasteiger partial charge in [-0.3, -0.25) is 15.5 Å². The average molecular weight is 501 g/mol. The maximum Gasteiger partial charge on any atom is 0.335 e. The standard InChI is InChI=1S/C21H17BrN4O6/c1-31-18-9-14(10-24-25-19-6-5-16(11-23-19)26(29)30)8-17(22)20(18)32-12-13-3-2-4-15(7-13)21(27)28/h2-11H,12H2,1H3,(H,23,25)(H,27,28)/b24-10+. The van der Waals surface area contributed by atoms with E-state index >= 15 is 0 Å². The second-order valence-corrected chi connectivity index (χ2v) is 7.21. The zero-order valence-electron chi connectivity index (χ0n) is 16.7. The van der Waals surface area contributed by atoms with Crippen LogP contribution in [0.25, 0.3) is 0 Å². The zero-order chi connectivity index (χ0) is 23.1. The molecule has 0 spiro atoms. The molecular formula is C21H17BrN4O6. The predicted molar refractivity (Wildman–Crippen MR) is 121 cm³/mol. The third-order valence-corrected chi connectivity index (χ3v) is 4.75. The fourth-order valence-electron chi connectivity index (χ4n) is 2.64. The molecule has 1 heterocycles. The molecular weight excluding hydrogens is 484 g/mol. The number of pyridine rings is 1. The smallest absolute Gasteiger partial charge is 0.335 e. The van der Waals surface area contributed by atoms with Crippen LogP contribution in [-0.4, -0.2) is 34.3 Å². The van der Waals surface area contributed by atoms with Gasteiger partial charge in [0.1, 0.15) is 18.6 Å². The first-order valence-electron chi connectivity index (χ1n) is 9.09. The molecule has 2 aromatic carbocycles. The number of nitro groups is 1. The number of anilines is 1. The normalized spacial score (nSPS) is 10.7. The molecule has 3 rings (SSSR count). The molecule has 0 saturated heterocycles. The number of methoxy groups -OCH3 is 1. The zero-order valence-corrected chi connectivity index (χ0v) is 18.3. The molecule has 11 heteroatoms. The highest BCUT2D eigenvalue weighted by atomic mass is 79.9. The minimum absolute atomic E-state index is 0.113. The van der Waals surface area contributed by atoms with Gasteiger partial charge in [-0.25, -0.2) is 9.78 Å². The lowest BCUT2D eigenvalue weighted by atomic mass is 10.1. The number of aromatic nitrogens is 1. The van der Waals surface area contributed by atoms with E-state index < -0.39 is 10.9 Å². The predicted octanol–water partition coefficient (Wildman–Crippen LogP) is 4.48. The second-order valence-electron chi connectivity index (χ2n) is 6.36. The molecule has 0 unspecified atom stereocenters. The Morgan fingerprint density at radius 2 is 2.12 bits per heavy atom. The minimum atomic E-state index is -1.01. The molecule has 1 aromatic heterocycles. The van der Waals surface area contributed by atoms with Gasteiger partial charge in [-0.15, -0.1) is 0 Å². The van der Waals surface area contributed by atoms with Crippen molar-refractivity contribution < 1.29 is 24.3 Å². The van der Waals surface area contributed by atoms with E-state index in [9.17, 15) is 14.9 Å². The number of hydrogen-bond acceptors (Lipinski definition) is 8. The largest absolute Gasteiger partial charge is 0.493 e. The van der Waals surface area contributed by atoms with Gasteiger partial charge in [-0.05, 0) is 57.4 Å². The molecule has 0 bridgehead atoms. The number of halogens is 1. The summed E-state index contributed by atoms with van der Waals surface area (Å²) in [4.78, 5) is 25.2. The molecule has 10 nitrogen and oxygen atoms in total. The van der Waals surface area contributed by atoms with Crippen LogP contribution in [0, 0.1) is 10.1 Å². The van der Waals surface area contributed by atoms with Crippen molar-refractivity contribution in [1.82, 2.24) is 4.98 Å². The molecule has 0 aliphatic rings. The van der Waals surface area contributed by atoms with Crippen molar-refractivity contribution in [3.05, 3.63) is 86.0 Å². The first-order chi connectivity index (χ1) is 15.4. The first-order valence-corrected chi connectivity index (χ1v) is 9.88. The maximum atomic E-state index is 11.1. The number of nitrogens with one attached hydrogen (secondary N) is 1. The van der Waals surface area contributed by atoms with E-state index in [1.54, 1.807) is 30.3 Å². The Kier molecular flexibility index (Phi) is 7.34. The number of carbonyl (C=O) groups is 1. The van der Waals surface area contributed by atoms with Gasteiger partial charge in [0, 0.05) is 6.07 Å². The summed E-state index contributed by atoms with van der Waals surface area (Å²) in [7, 11) is 1.50. The van der Waals surface area contributed by atoms with Crippen molar-refractivity contribution in [3.63, 3.8) is 0 Å². The van der Waals surface area contributed by atoms with Crippen molar-refractivity contribution in [3.8, 4) is 11.5 Å². The number of benzene rings is 2. The van der Waals surface area contributed by atoms with Crippen LogP contribution in [0.1, 0.15) is 21.5 Å². The first kappa shape index (κ1) is 22.7. The molecule has 0 amide bonds. The molecule has 164 valence electrons. The van der Waals surface area contributed by atoms with Crippen LogP contribution in [0.2, 0.25) is 0 Å². The molecule has 32 heavy (non-hydrogen) atoms. The van der Waals surface area contributed by atoms with Gasteiger partial charge in [-0.2, -0.15) is 5.10 Å². The van der Waals surface area contributed by atoms with Crippen LogP contribution in [0.3, 0.4) is 0 Å². The Labute approximate surface area is 190 Å². The van der Waals surface area contributed by atoms with Gasteiger partial charge in [0.2, 0.25) is 0 Å². The summed E-state index contributed by atoms with van der Waals surface area (Å²) in [6.45, 7) is 0.150. The Hall–Kier alpha value is -3.99. The van der Waals surface area contributed by atoms with E-state index in [-0.39, 0.29) is 17.9 Å². The quantitative estimate of drug-likeness (QED) is 0.249. The molecule has 0 fully saturated rings. The van der Waals surface area contributed by atoms with Crippen LogP contribution in [0.15, 0.2) is 64.3 Å². The molecule has 3 aromatic rings. The van der Waals surface area contributed by atoms with Crippen molar-refractivity contribution in [2.45, 2.75) is 6.61 Å². The third kappa shape index (κ3) is 5.79. The highest BCUT2D eigenvalue weighted by Crippen LogP contribution is 2.37. The number of carboxylic acid groups (broad SMARTS) is 1. The number of hydrazone groups is 1. The number of rotatable bonds is 9. The topological polar surface area (TPSA) is 136 Å². The van der Waals surface area contributed by atoms with Gasteiger partial charge >= 0.3 is 5.97 Å². The molecule has 0 radical (unpaired) electrons. The number of nitrogens with zero attached hydrogens (tertiary/aromatic N) is 3. The minimum Gasteiger partial charge on any atom is -0.493 e. The van der Waals surface area contributed by atoms with E-state index in [4.69, 9.17) is 14.6 Å². The lowest BCUT2D eigenvalue weighted by Gasteiger charge is -2.14. The summed E-state index contributed by atoms with van der Waals surface area (Å²) in [5, 5.41) is 23.9. The number of ether oxygens (including phenoxy) is 2. The fraction of sp³-hybridized carbons (Fsp3) is 0.0952. The Morgan fingerprint density at radius 3 is 2.78 bits per heavy atom. The number of aromatic carboxylic acids is 1. The SMILES string of the molecule is COc1cc(/C=N/Nc2ccc([N+](=O)[O-])cn2)cc(Br)c1OCc1cccc(C(=O)O)c1. The molecule has 0 aliphatic heterocycles. The highest BCUT2D eigenvalue weighted by Gasteiger charge is 2.12. The van der Waals surface area contributed by atoms with Crippen LogP contribution in [-0.2, 0) is 6.61 Å². The number of carboxylic acids is 1. The van der Waals surface area contributed by atoms with Crippen LogP contribution >= 0.6 is 15.9 Å². The summed E-state index contributed by atoms with van der Waals surface area (Å²) in [6, 6.07) is 12.7. The Balaban J connectivity index is 1.70. The van der Waals surface area contributed by atoms with Gasteiger partial charge < -0.3 is 14.6 Å². The summed E-state index contributed by atoms with van der Waals surface area (Å²) in [5.74, 6) is 0.243. The van der Waals surface area contributed by atoms with Crippen LogP contribution < -0.4 is 14.9 Å². The lowest BCUT2D eigenvalue weighted by Crippen LogP contribution is -2.02. The average Bonchev–Trinajstić information content (AvgIpc) is 2.78. The van der Waals surface area contributed by atoms with Crippen LogP contribution in [0.5, 0.6) is 11.5 Å². The summed E-state index contributed by atoms with van der Waals surface area (Å²) in [5.41, 5.74) is 4.14. The Morgan fingerprint density at radius 1 is 1.31 bits per heavy atom. The second kappa shape index (κ2) is 10.4. The van der Waals surface area contributed by atoms with Gasteiger partial charge in [0.15, 0.2) is 11.5 Å².